The van der Waals surface area contributed by atoms with E-state index in [0.29, 0.717) is 23.9 Å². The van der Waals surface area contributed by atoms with Crippen LogP contribution >= 0.6 is 0 Å². The normalized spacial score (nSPS) is 22.9. The van der Waals surface area contributed by atoms with Gasteiger partial charge in [0.25, 0.3) is 12.8 Å². The molecule has 0 radical (unpaired) electrons. The Morgan fingerprint density at radius 2 is 1.57 bits per heavy atom. The SMILES string of the molecule is CC1CC(N(C)C)CC(O)O1.CCC[C@@H](C)N(C)C[C@H](C)CC(C)CC(C)C(O)C(C)C(=O)OC(CC)OC(=O)O.O=CO. The summed E-state index contributed by atoms with van der Waals surface area (Å²) >= 11 is 0. The first-order valence-electron chi connectivity index (χ1n) is 16.0. The molecule has 262 valence electrons. The van der Waals surface area contributed by atoms with Gasteiger partial charge in [0.15, 0.2) is 6.29 Å². The van der Waals surface area contributed by atoms with Crippen molar-refractivity contribution in [3.8, 4) is 0 Å². The van der Waals surface area contributed by atoms with Gasteiger partial charge in [0, 0.05) is 31.5 Å². The molecular weight excluding hydrogens is 572 g/mol. The lowest BCUT2D eigenvalue weighted by atomic mass is 9.83. The van der Waals surface area contributed by atoms with E-state index >= 15 is 0 Å². The molecule has 44 heavy (non-hydrogen) atoms. The summed E-state index contributed by atoms with van der Waals surface area (Å²) in [5, 5.41) is 35.4. The van der Waals surface area contributed by atoms with Crippen LogP contribution in [0.2, 0.25) is 0 Å². The molecule has 1 heterocycles. The number of carboxylic acid groups (broad SMARTS) is 2. The van der Waals surface area contributed by atoms with Gasteiger partial charge in [-0.05, 0) is 85.4 Å². The van der Waals surface area contributed by atoms with Crippen molar-refractivity contribution >= 4 is 18.6 Å². The molecule has 1 fully saturated rings. The number of hydrogen-bond donors (Lipinski definition) is 4. The topological polar surface area (TPSA) is 166 Å². The largest absolute Gasteiger partial charge is 0.508 e. The molecule has 1 saturated heterocycles. The van der Waals surface area contributed by atoms with E-state index in [2.05, 4.69) is 49.3 Å². The van der Waals surface area contributed by atoms with Crippen LogP contribution in [0.25, 0.3) is 0 Å². The number of rotatable bonds is 16. The van der Waals surface area contributed by atoms with E-state index in [-0.39, 0.29) is 24.9 Å². The second-order valence-electron chi connectivity index (χ2n) is 12.8. The van der Waals surface area contributed by atoms with E-state index in [1.165, 1.54) is 12.8 Å². The second-order valence-corrected chi connectivity index (χ2v) is 12.8. The highest BCUT2D eigenvalue weighted by molar-refractivity contribution is 5.73. The fourth-order valence-corrected chi connectivity index (χ4v) is 5.63. The molecule has 0 aromatic carbocycles. The van der Waals surface area contributed by atoms with Crippen molar-refractivity contribution in [2.45, 2.75) is 137 Å². The maximum Gasteiger partial charge on any atom is 0.508 e. The molecule has 4 N–H and O–H groups in total. The van der Waals surface area contributed by atoms with Crippen LogP contribution in [0.4, 0.5) is 4.79 Å². The quantitative estimate of drug-likeness (QED) is 0.103. The number of hydrogen-bond acceptors (Lipinski definition) is 10. The number of aliphatic hydroxyl groups is 2. The summed E-state index contributed by atoms with van der Waals surface area (Å²) < 4.78 is 14.8. The van der Waals surface area contributed by atoms with Crippen LogP contribution in [-0.2, 0) is 23.8 Å². The Labute approximate surface area is 266 Å². The highest BCUT2D eigenvalue weighted by Gasteiger charge is 2.31. The lowest BCUT2D eigenvalue weighted by Gasteiger charge is -2.34. The van der Waals surface area contributed by atoms with Gasteiger partial charge in [-0.2, -0.15) is 0 Å². The van der Waals surface area contributed by atoms with Gasteiger partial charge >= 0.3 is 12.1 Å². The Morgan fingerprint density at radius 3 is 2.02 bits per heavy atom. The molecule has 0 bridgehead atoms. The van der Waals surface area contributed by atoms with Gasteiger partial charge in [0.1, 0.15) is 0 Å². The van der Waals surface area contributed by atoms with Crippen LogP contribution in [0.5, 0.6) is 0 Å². The van der Waals surface area contributed by atoms with E-state index < -0.39 is 36.7 Å². The number of carbonyl (C=O) groups excluding carboxylic acids is 1. The average molecular weight is 637 g/mol. The Hall–Kier alpha value is -1.99. The van der Waals surface area contributed by atoms with Gasteiger partial charge in [-0.3, -0.25) is 9.59 Å². The first-order chi connectivity index (χ1) is 20.4. The van der Waals surface area contributed by atoms with Gasteiger partial charge in [0.05, 0.1) is 18.1 Å². The van der Waals surface area contributed by atoms with Gasteiger partial charge in [-0.15, -0.1) is 0 Å². The van der Waals surface area contributed by atoms with E-state index in [1.54, 1.807) is 13.8 Å². The van der Waals surface area contributed by atoms with Gasteiger partial charge in [0.2, 0.25) is 0 Å². The monoisotopic (exact) mass is 636 g/mol. The Morgan fingerprint density at radius 1 is 1.00 bits per heavy atom. The molecule has 0 aliphatic carbocycles. The van der Waals surface area contributed by atoms with Crippen molar-refractivity contribution < 1.29 is 49.0 Å². The molecule has 0 aromatic rings. The highest BCUT2D eigenvalue weighted by Crippen LogP contribution is 2.26. The average Bonchev–Trinajstić information content (AvgIpc) is 2.91. The van der Waals surface area contributed by atoms with Crippen molar-refractivity contribution in [1.82, 2.24) is 9.80 Å². The van der Waals surface area contributed by atoms with Crippen LogP contribution in [-0.4, -0.2) is 113 Å². The first-order valence-corrected chi connectivity index (χ1v) is 16.0. The maximum atomic E-state index is 12.3. The number of carbonyl (C=O) groups is 3. The molecule has 0 aromatic heterocycles. The van der Waals surface area contributed by atoms with E-state index in [0.717, 1.165) is 32.2 Å². The number of nitrogens with zero attached hydrogens (tertiary/aromatic N) is 2. The molecule has 1 aliphatic heterocycles. The molecule has 0 amide bonds. The lowest BCUT2D eigenvalue weighted by Crippen LogP contribution is -2.41. The summed E-state index contributed by atoms with van der Waals surface area (Å²) in [5.41, 5.74) is 0. The number of esters is 1. The predicted octanol–water partition coefficient (Wildman–Crippen LogP) is 4.90. The van der Waals surface area contributed by atoms with E-state index in [1.807, 2.05) is 27.9 Å². The summed E-state index contributed by atoms with van der Waals surface area (Å²) in [4.78, 5) is 35.8. The van der Waals surface area contributed by atoms with Gasteiger partial charge < -0.3 is 44.4 Å². The van der Waals surface area contributed by atoms with Crippen LogP contribution in [0, 0.1) is 23.7 Å². The summed E-state index contributed by atoms with van der Waals surface area (Å²) in [6, 6.07) is 1.05. The second kappa shape index (κ2) is 24.3. The van der Waals surface area contributed by atoms with Crippen LogP contribution < -0.4 is 0 Å². The fourth-order valence-electron chi connectivity index (χ4n) is 5.63. The van der Waals surface area contributed by atoms with E-state index in [4.69, 9.17) is 24.5 Å². The Bertz CT molecular complexity index is 761. The van der Waals surface area contributed by atoms with Crippen LogP contribution in [0.1, 0.15) is 100 Å². The zero-order valence-electron chi connectivity index (χ0n) is 29.1. The Kier molecular flexibility index (Phi) is 24.3. The summed E-state index contributed by atoms with van der Waals surface area (Å²) in [6.45, 7) is 16.9. The molecule has 12 heteroatoms. The van der Waals surface area contributed by atoms with Crippen molar-refractivity contribution in [2.75, 3.05) is 27.7 Å². The van der Waals surface area contributed by atoms with Gasteiger partial charge in [-0.25, -0.2) is 4.79 Å². The first kappa shape index (κ1) is 44.1. The Balaban J connectivity index is 0. The number of ether oxygens (including phenoxy) is 3. The predicted molar refractivity (Wildman–Crippen MR) is 170 cm³/mol. The smallest absolute Gasteiger partial charge is 0.483 e. The zero-order chi connectivity index (χ0) is 34.6. The van der Waals surface area contributed by atoms with Gasteiger partial charge in [-0.1, -0.05) is 41.0 Å². The third-order valence-electron chi connectivity index (χ3n) is 8.12. The molecule has 10 atom stereocenters. The molecule has 1 rings (SSSR count). The standard InChI is InChI=1S/C23H45NO6.C8H17NO2.CH2O2/c1-9-11-18(6)24(8)14-16(4)12-15(3)13-17(5)21(25)19(7)22(26)29-20(10-2)30-23(27)28;1-6-4-7(9(2)3)5-8(10)11-6;2-1-3/h15-21,25H,9-14H2,1-8H3,(H,27,28);6-8,10H,4-5H2,1-3H3;1H,(H,2,3)/t15?,16-,17?,18-,19?,20?,21?;;/m1../s1. The van der Waals surface area contributed by atoms with Crippen LogP contribution in [0.15, 0.2) is 0 Å². The zero-order valence-corrected chi connectivity index (χ0v) is 29.1. The third-order valence-corrected chi connectivity index (χ3v) is 8.12. The highest BCUT2D eigenvalue weighted by atomic mass is 16.8. The minimum Gasteiger partial charge on any atom is -0.483 e. The van der Waals surface area contributed by atoms with Crippen LogP contribution in [0.3, 0.4) is 0 Å². The van der Waals surface area contributed by atoms with Crippen molar-refractivity contribution in [3.05, 3.63) is 0 Å². The molecule has 1 aliphatic rings. The maximum absolute atomic E-state index is 12.3. The molecule has 0 spiro atoms. The summed E-state index contributed by atoms with van der Waals surface area (Å²) in [7, 11) is 6.25. The minimum atomic E-state index is -1.49. The van der Waals surface area contributed by atoms with Crippen molar-refractivity contribution in [3.63, 3.8) is 0 Å². The minimum absolute atomic E-state index is 0.0769. The molecule has 0 saturated carbocycles. The lowest BCUT2D eigenvalue weighted by molar-refractivity contribution is -0.179. The van der Waals surface area contributed by atoms with Crippen molar-refractivity contribution in [2.24, 2.45) is 23.7 Å². The summed E-state index contributed by atoms with van der Waals surface area (Å²) in [6.07, 6.45) is 2.35. The summed E-state index contributed by atoms with van der Waals surface area (Å²) in [5.74, 6) is -0.505. The molecule has 8 unspecified atom stereocenters. The van der Waals surface area contributed by atoms with E-state index in [9.17, 15) is 19.8 Å². The molecular formula is C32H64N2O10. The number of aliphatic hydroxyl groups excluding tert-OH is 2. The third kappa shape index (κ3) is 20.1. The molecule has 12 nitrogen and oxygen atoms in total. The fraction of sp³-hybridized carbons (Fsp3) is 0.906. The van der Waals surface area contributed by atoms with Crippen molar-refractivity contribution in [1.29, 1.82) is 0 Å².